The molecule has 0 saturated carbocycles. The van der Waals surface area contributed by atoms with Crippen LogP contribution in [-0.4, -0.2) is 29.9 Å². The summed E-state index contributed by atoms with van der Waals surface area (Å²) < 4.78 is 6.49. The molecule has 0 aliphatic rings. The van der Waals surface area contributed by atoms with Crippen molar-refractivity contribution in [2.24, 2.45) is 0 Å². The van der Waals surface area contributed by atoms with Crippen LogP contribution in [0, 0.1) is 18.3 Å². The minimum absolute atomic E-state index is 0.336. The minimum atomic E-state index is 0.336. The Balaban J connectivity index is 1.88. The van der Waals surface area contributed by atoms with Gasteiger partial charge in [-0.25, -0.2) is 14.6 Å². The van der Waals surface area contributed by atoms with Crippen LogP contribution in [-0.2, 0) is 0 Å². The number of nitrogens with zero attached hydrogens (tertiary/aromatic N) is 7. The average Bonchev–Trinajstić information content (AvgIpc) is 3.15. The lowest BCUT2D eigenvalue weighted by atomic mass is 10.2. The first-order chi connectivity index (χ1) is 10.2. The fourth-order valence-electron chi connectivity index (χ4n) is 1.73. The number of hydrogen-bond acceptors (Lipinski definition) is 7. The third-order valence-electron chi connectivity index (χ3n) is 2.58. The van der Waals surface area contributed by atoms with Gasteiger partial charge in [-0.15, -0.1) is 15.3 Å². The molecule has 3 aromatic heterocycles. The van der Waals surface area contributed by atoms with E-state index < -0.39 is 0 Å². The van der Waals surface area contributed by atoms with Crippen LogP contribution in [0.1, 0.15) is 17.3 Å². The largest absolute Gasteiger partial charge is 0.424 e. The summed E-state index contributed by atoms with van der Waals surface area (Å²) in [6.07, 6.45) is 6.05. The molecule has 0 amide bonds. The molecule has 0 spiro atoms. The summed E-state index contributed by atoms with van der Waals surface area (Å²) in [7, 11) is 0. The maximum atomic E-state index is 8.94. The molecule has 0 N–H and O–H groups in total. The lowest BCUT2D eigenvalue weighted by molar-refractivity contribution is 0.542. The molecule has 3 rings (SSSR count). The van der Waals surface area contributed by atoms with Gasteiger partial charge in [0.2, 0.25) is 12.3 Å². The van der Waals surface area contributed by atoms with E-state index in [0.29, 0.717) is 17.4 Å². The Hall–Kier alpha value is -3.34. The smallest absolute Gasteiger partial charge is 0.241 e. The summed E-state index contributed by atoms with van der Waals surface area (Å²) in [5.41, 5.74) is 1.81. The van der Waals surface area contributed by atoms with Crippen LogP contribution in [0.25, 0.3) is 23.7 Å². The van der Waals surface area contributed by atoms with Gasteiger partial charge in [0.15, 0.2) is 5.82 Å². The summed E-state index contributed by atoms with van der Waals surface area (Å²) in [4.78, 5) is 8.29. The van der Waals surface area contributed by atoms with Crippen molar-refractivity contribution in [1.29, 1.82) is 5.26 Å². The van der Waals surface area contributed by atoms with Gasteiger partial charge in [0.25, 0.3) is 0 Å². The molecule has 0 radical (unpaired) electrons. The molecule has 0 saturated heterocycles. The number of aromatic nitrogens is 6. The lowest BCUT2D eigenvalue weighted by Gasteiger charge is -1.98. The maximum Gasteiger partial charge on any atom is 0.241 e. The summed E-state index contributed by atoms with van der Waals surface area (Å²) in [5.74, 6) is 0.880. The highest BCUT2D eigenvalue weighted by molar-refractivity contribution is 5.58. The highest BCUT2D eigenvalue weighted by Crippen LogP contribution is 2.16. The highest BCUT2D eigenvalue weighted by Gasteiger charge is 2.06. The number of pyridine rings is 1. The first-order valence-electron chi connectivity index (χ1n) is 5.99. The Morgan fingerprint density at radius 1 is 1.38 bits per heavy atom. The van der Waals surface area contributed by atoms with Crippen molar-refractivity contribution in [3.63, 3.8) is 0 Å². The van der Waals surface area contributed by atoms with Gasteiger partial charge in [0.05, 0.1) is 0 Å². The molecule has 0 aliphatic carbocycles. The monoisotopic (exact) mass is 279 g/mol. The molecule has 8 nitrogen and oxygen atoms in total. The number of nitriles is 1. The summed E-state index contributed by atoms with van der Waals surface area (Å²) in [6, 6.07) is 5.48. The van der Waals surface area contributed by atoms with Gasteiger partial charge >= 0.3 is 0 Å². The summed E-state index contributed by atoms with van der Waals surface area (Å²) in [6.45, 7) is 1.82. The first kappa shape index (κ1) is 12.7. The van der Waals surface area contributed by atoms with E-state index in [2.05, 4.69) is 25.3 Å². The topological polar surface area (TPSA) is 106 Å². The van der Waals surface area contributed by atoms with Crippen molar-refractivity contribution in [2.75, 3.05) is 0 Å². The van der Waals surface area contributed by atoms with E-state index in [1.165, 1.54) is 11.1 Å². The van der Waals surface area contributed by atoms with Crippen LogP contribution in [0.3, 0.4) is 0 Å². The minimum Gasteiger partial charge on any atom is -0.424 e. The van der Waals surface area contributed by atoms with Crippen molar-refractivity contribution in [3.05, 3.63) is 42.1 Å². The van der Waals surface area contributed by atoms with Crippen molar-refractivity contribution in [1.82, 2.24) is 29.9 Å². The van der Waals surface area contributed by atoms with Gasteiger partial charge in [-0.05, 0) is 19.1 Å². The molecule has 0 atom stereocenters. The molecular formula is C13H9N7O. The van der Waals surface area contributed by atoms with Gasteiger partial charge in [0.1, 0.15) is 18.1 Å². The Morgan fingerprint density at radius 3 is 3.05 bits per heavy atom. The second-order valence-electron chi connectivity index (χ2n) is 4.14. The van der Waals surface area contributed by atoms with Crippen molar-refractivity contribution in [2.45, 2.75) is 6.92 Å². The van der Waals surface area contributed by atoms with Crippen LogP contribution in [0.2, 0.25) is 0 Å². The van der Waals surface area contributed by atoms with Crippen molar-refractivity contribution >= 4 is 12.3 Å². The molecule has 0 aromatic carbocycles. The number of hydrogen-bond donors (Lipinski definition) is 0. The zero-order valence-corrected chi connectivity index (χ0v) is 11.0. The Morgan fingerprint density at radius 2 is 2.29 bits per heavy atom. The fraction of sp³-hybridized carbons (Fsp3) is 0.0769. The quantitative estimate of drug-likeness (QED) is 0.715. The van der Waals surface area contributed by atoms with Gasteiger partial charge in [0, 0.05) is 23.5 Å². The molecule has 8 heteroatoms. The molecule has 0 bridgehead atoms. The van der Waals surface area contributed by atoms with E-state index in [-0.39, 0.29) is 0 Å². The van der Waals surface area contributed by atoms with E-state index in [9.17, 15) is 0 Å². The normalized spacial score (nSPS) is 10.9. The van der Waals surface area contributed by atoms with E-state index >= 15 is 0 Å². The van der Waals surface area contributed by atoms with Crippen LogP contribution < -0.4 is 0 Å². The third-order valence-corrected chi connectivity index (χ3v) is 2.58. The molecule has 0 fully saturated rings. The average molecular weight is 279 g/mol. The molecule has 3 heterocycles. The Labute approximate surface area is 119 Å². The van der Waals surface area contributed by atoms with E-state index in [1.807, 2.05) is 19.1 Å². The number of rotatable bonds is 3. The summed E-state index contributed by atoms with van der Waals surface area (Å²) in [5, 5.41) is 20.5. The predicted molar refractivity (Wildman–Crippen MR) is 72.2 cm³/mol. The van der Waals surface area contributed by atoms with Crippen molar-refractivity contribution < 1.29 is 4.42 Å². The summed E-state index contributed by atoms with van der Waals surface area (Å²) >= 11 is 0. The molecular weight excluding hydrogens is 270 g/mol. The van der Waals surface area contributed by atoms with E-state index in [0.717, 1.165) is 11.3 Å². The van der Waals surface area contributed by atoms with Crippen LogP contribution in [0.5, 0.6) is 0 Å². The second kappa shape index (κ2) is 5.34. The zero-order valence-electron chi connectivity index (χ0n) is 11.0. The van der Waals surface area contributed by atoms with Crippen LogP contribution in [0.15, 0.2) is 29.3 Å². The lowest BCUT2D eigenvalue weighted by Crippen LogP contribution is -1.92. The van der Waals surface area contributed by atoms with Crippen molar-refractivity contribution in [3.8, 4) is 17.5 Å². The molecule has 3 aromatic rings. The molecule has 21 heavy (non-hydrogen) atoms. The van der Waals surface area contributed by atoms with Crippen LogP contribution >= 0.6 is 0 Å². The number of aryl methyl sites for hydroxylation is 1. The third kappa shape index (κ3) is 2.82. The van der Waals surface area contributed by atoms with Gasteiger partial charge in [-0.2, -0.15) is 5.26 Å². The maximum absolute atomic E-state index is 8.94. The Bertz CT molecular complexity index is 827. The zero-order chi connectivity index (χ0) is 14.7. The highest BCUT2D eigenvalue weighted by atomic mass is 16.4. The first-order valence-corrected chi connectivity index (χ1v) is 5.99. The van der Waals surface area contributed by atoms with Crippen LogP contribution in [0.4, 0.5) is 0 Å². The van der Waals surface area contributed by atoms with Gasteiger partial charge < -0.3 is 4.42 Å². The fourth-order valence-corrected chi connectivity index (χ4v) is 1.73. The van der Waals surface area contributed by atoms with E-state index in [4.69, 9.17) is 9.68 Å². The SMILES string of the molecule is Cc1cc(-c2ncn(/C=C\c3nnco3)n2)cc(C#N)n1. The molecule has 0 aliphatic heterocycles. The second-order valence-corrected chi connectivity index (χ2v) is 4.14. The Kier molecular flexibility index (Phi) is 3.22. The van der Waals surface area contributed by atoms with E-state index in [1.54, 1.807) is 24.7 Å². The molecule has 0 unspecified atom stereocenters. The van der Waals surface area contributed by atoms with Gasteiger partial charge in [-0.1, -0.05) is 0 Å². The van der Waals surface area contributed by atoms with Gasteiger partial charge in [-0.3, -0.25) is 0 Å². The molecule has 102 valence electrons. The standard InChI is InChI=1S/C13H9N7O/c1-9-4-10(5-11(6-14)17-9)13-15-7-20(19-13)3-2-12-18-16-8-21-12/h2-5,7-8H,1H3/b3-2-. The predicted octanol–water partition coefficient (Wildman–Crippen LogP) is 1.53.